The van der Waals surface area contributed by atoms with Crippen molar-refractivity contribution in [1.29, 1.82) is 0 Å². The average molecular weight is 549 g/mol. The maximum absolute atomic E-state index is 13.5. The normalized spacial score (nSPS) is 16.8. The summed E-state index contributed by atoms with van der Waals surface area (Å²) in [4.78, 5) is 33.0. The molecule has 1 unspecified atom stereocenters. The molecule has 1 aliphatic heterocycles. The first-order valence-corrected chi connectivity index (χ1v) is 13.4. The summed E-state index contributed by atoms with van der Waals surface area (Å²) in [5.74, 6) is -0.553. The Hall–Kier alpha value is -3.88. The number of aliphatic hydroxyl groups excluding tert-OH is 1. The van der Waals surface area contributed by atoms with E-state index in [1.165, 1.54) is 16.2 Å². The Morgan fingerprint density at radius 2 is 1.79 bits per heavy atom. The van der Waals surface area contributed by atoms with Crippen LogP contribution in [0.3, 0.4) is 0 Å². The van der Waals surface area contributed by atoms with Gasteiger partial charge in [0.2, 0.25) is 0 Å². The van der Waals surface area contributed by atoms with Gasteiger partial charge < -0.3 is 14.6 Å². The van der Waals surface area contributed by atoms with E-state index in [9.17, 15) is 14.7 Å². The van der Waals surface area contributed by atoms with Crippen LogP contribution in [-0.4, -0.2) is 35.0 Å². The molecule has 1 fully saturated rings. The molecule has 1 atom stereocenters. The highest BCUT2D eigenvalue weighted by Gasteiger charge is 2.48. The summed E-state index contributed by atoms with van der Waals surface area (Å²) in [6.45, 7) is 4.96. The molecule has 0 spiro atoms. The molecule has 194 valence electrons. The molecule has 1 N–H and O–H groups in total. The molecule has 0 aliphatic carbocycles. The second-order valence-electron chi connectivity index (χ2n) is 8.66. The van der Waals surface area contributed by atoms with Crippen molar-refractivity contribution in [1.82, 2.24) is 4.98 Å². The van der Waals surface area contributed by atoms with Gasteiger partial charge in [0.15, 0.2) is 5.13 Å². The second-order valence-corrected chi connectivity index (χ2v) is 10.1. The predicted molar refractivity (Wildman–Crippen MR) is 149 cm³/mol. The minimum absolute atomic E-state index is 0.0285. The van der Waals surface area contributed by atoms with E-state index in [0.29, 0.717) is 51.5 Å². The van der Waals surface area contributed by atoms with Gasteiger partial charge in [-0.3, -0.25) is 14.5 Å². The number of carbonyl (C=O) groups is 2. The molecule has 1 amide bonds. The number of fused-ring (bicyclic) bond motifs is 1. The fourth-order valence-electron chi connectivity index (χ4n) is 4.36. The highest BCUT2D eigenvalue weighted by Crippen LogP contribution is 2.45. The molecule has 2 heterocycles. The zero-order chi connectivity index (χ0) is 26.8. The van der Waals surface area contributed by atoms with Crippen LogP contribution in [0.25, 0.3) is 16.0 Å². The number of benzene rings is 3. The van der Waals surface area contributed by atoms with Gasteiger partial charge in [0, 0.05) is 10.6 Å². The van der Waals surface area contributed by atoms with E-state index >= 15 is 0 Å². The van der Waals surface area contributed by atoms with Gasteiger partial charge in [-0.1, -0.05) is 42.0 Å². The van der Waals surface area contributed by atoms with E-state index in [2.05, 4.69) is 4.98 Å². The fraction of sp³-hybridized carbons (Fsp3) is 0.207. The zero-order valence-corrected chi connectivity index (χ0v) is 22.4. The summed E-state index contributed by atoms with van der Waals surface area (Å²) in [7, 11) is 0. The molecule has 1 aliphatic rings. The van der Waals surface area contributed by atoms with Crippen molar-refractivity contribution in [3.05, 3.63) is 88.5 Å². The summed E-state index contributed by atoms with van der Waals surface area (Å²) < 4.78 is 12.2. The first kappa shape index (κ1) is 25.8. The Morgan fingerprint density at radius 3 is 2.53 bits per heavy atom. The van der Waals surface area contributed by atoms with Crippen molar-refractivity contribution < 1.29 is 24.2 Å². The Kier molecular flexibility index (Phi) is 7.35. The Morgan fingerprint density at radius 1 is 1.03 bits per heavy atom. The van der Waals surface area contributed by atoms with Crippen LogP contribution in [-0.2, 0) is 9.59 Å². The van der Waals surface area contributed by atoms with Crippen LogP contribution < -0.4 is 14.4 Å². The summed E-state index contributed by atoms with van der Waals surface area (Å²) in [6.07, 6.45) is 0.828. The standard InChI is InChI=1S/C29H25ClN2O5S/c1-3-14-37-20-7-5-6-18(15-20)25-24(26(33)17-8-10-19(30)11-9-17)27(34)28(35)32(25)29-31-22-13-12-21(36-4-2)16-23(22)38-29/h5-13,15-16,25,33H,3-4,14H2,1-2H3. The van der Waals surface area contributed by atoms with Crippen LogP contribution >= 0.6 is 22.9 Å². The van der Waals surface area contributed by atoms with Crippen molar-refractivity contribution in [3.8, 4) is 11.5 Å². The highest BCUT2D eigenvalue weighted by molar-refractivity contribution is 7.22. The number of nitrogens with zero attached hydrogens (tertiary/aromatic N) is 2. The average Bonchev–Trinajstić information content (AvgIpc) is 3.45. The lowest BCUT2D eigenvalue weighted by molar-refractivity contribution is -0.132. The van der Waals surface area contributed by atoms with Crippen molar-refractivity contribution in [3.63, 3.8) is 0 Å². The first-order valence-electron chi connectivity index (χ1n) is 12.2. The van der Waals surface area contributed by atoms with E-state index in [1.54, 1.807) is 42.5 Å². The zero-order valence-electron chi connectivity index (χ0n) is 20.8. The number of ether oxygens (including phenoxy) is 2. The van der Waals surface area contributed by atoms with Crippen LogP contribution in [0.1, 0.15) is 37.4 Å². The van der Waals surface area contributed by atoms with E-state index in [1.807, 2.05) is 38.1 Å². The van der Waals surface area contributed by atoms with Gasteiger partial charge in [-0.15, -0.1) is 0 Å². The quantitative estimate of drug-likeness (QED) is 0.149. The van der Waals surface area contributed by atoms with Crippen LogP contribution in [0, 0.1) is 0 Å². The van der Waals surface area contributed by atoms with Crippen LogP contribution in [0.15, 0.2) is 72.3 Å². The SMILES string of the molecule is CCCOc1cccc(C2C(=C(O)c3ccc(Cl)cc3)C(=O)C(=O)N2c2nc3ccc(OCC)cc3s2)c1. The molecule has 0 radical (unpaired) electrons. The van der Waals surface area contributed by atoms with Crippen LogP contribution in [0.2, 0.25) is 5.02 Å². The monoisotopic (exact) mass is 548 g/mol. The minimum Gasteiger partial charge on any atom is -0.507 e. The number of hydrogen-bond donors (Lipinski definition) is 1. The molecule has 38 heavy (non-hydrogen) atoms. The Bertz CT molecular complexity index is 1550. The summed E-state index contributed by atoms with van der Waals surface area (Å²) >= 11 is 7.30. The number of aliphatic hydroxyl groups is 1. The molecule has 0 bridgehead atoms. The molecule has 4 aromatic rings. The lowest BCUT2D eigenvalue weighted by Crippen LogP contribution is -2.29. The lowest BCUT2D eigenvalue weighted by atomic mass is 9.95. The topological polar surface area (TPSA) is 89.0 Å². The molecule has 5 rings (SSSR count). The molecule has 0 saturated carbocycles. The molecule has 3 aromatic carbocycles. The van der Waals surface area contributed by atoms with Gasteiger partial charge >= 0.3 is 5.91 Å². The minimum atomic E-state index is -0.914. The first-order chi connectivity index (χ1) is 18.4. The molecular formula is C29H25ClN2O5S. The molecule has 1 saturated heterocycles. The number of anilines is 1. The second kappa shape index (κ2) is 10.8. The number of thiazole rings is 1. The fourth-order valence-corrected chi connectivity index (χ4v) is 5.50. The maximum Gasteiger partial charge on any atom is 0.301 e. The van der Waals surface area contributed by atoms with Crippen molar-refractivity contribution in [2.75, 3.05) is 18.1 Å². The van der Waals surface area contributed by atoms with Crippen LogP contribution in [0.4, 0.5) is 5.13 Å². The summed E-state index contributed by atoms with van der Waals surface area (Å²) in [5, 5.41) is 12.1. The largest absolute Gasteiger partial charge is 0.507 e. The van der Waals surface area contributed by atoms with E-state index in [0.717, 1.165) is 11.1 Å². The highest BCUT2D eigenvalue weighted by atomic mass is 35.5. The molecule has 9 heteroatoms. The Labute approximate surface area is 228 Å². The van der Waals surface area contributed by atoms with Gasteiger partial charge in [-0.25, -0.2) is 4.98 Å². The maximum atomic E-state index is 13.5. The van der Waals surface area contributed by atoms with Crippen molar-refractivity contribution in [2.24, 2.45) is 0 Å². The van der Waals surface area contributed by atoms with Crippen molar-refractivity contribution >= 4 is 55.7 Å². The number of amides is 1. The smallest absolute Gasteiger partial charge is 0.301 e. The summed E-state index contributed by atoms with van der Waals surface area (Å²) in [5.41, 5.74) is 1.63. The number of Topliss-reactive ketones (excluding diaryl/α,β-unsaturated/α-hetero) is 1. The van der Waals surface area contributed by atoms with Gasteiger partial charge in [-0.2, -0.15) is 0 Å². The molecule has 7 nitrogen and oxygen atoms in total. The number of carbonyl (C=O) groups excluding carboxylic acids is 2. The third-order valence-electron chi connectivity index (χ3n) is 6.07. The van der Waals surface area contributed by atoms with Gasteiger partial charge in [0.25, 0.3) is 5.78 Å². The third kappa shape index (κ3) is 4.85. The van der Waals surface area contributed by atoms with Gasteiger partial charge in [0.1, 0.15) is 17.3 Å². The van der Waals surface area contributed by atoms with E-state index in [-0.39, 0.29) is 11.3 Å². The number of aromatic nitrogens is 1. The van der Waals surface area contributed by atoms with Crippen molar-refractivity contribution in [2.45, 2.75) is 26.3 Å². The number of hydrogen-bond acceptors (Lipinski definition) is 7. The number of rotatable bonds is 8. The van der Waals surface area contributed by atoms with Crippen LogP contribution in [0.5, 0.6) is 11.5 Å². The summed E-state index contributed by atoms with van der Waals surface area (Å²) in [6, 6.07) is 18.2. The lowest BCUT2D eigenvalue weighted by Gasteiger charge is -2.23. The van der Waals surface area contributed by atoms with Gasteiger partial charge in [-0.05, 0) is 73.5 Å². The van der Waals surface area contributed by atoms with Gasteiger partial charge in [0.05, 0.1) is 35.0 Å². The molecular weight excluding hydrogens is 524 g/mol. The number of ketones is 1. The molecule has 1 aromatic heterocycles. The van der Waals surface area contributed by atoms with E-state index < -0.39 is 17.7 Å². The Balaban J connectivity index is 1.68. The number of halogens is 1. The van der Waals surface area contributed by atoms with E-state index in [4.69, 9.17) is 21.1 Å². The third-order valence-corrected chi connectivity index (χ3v) is 7.34. The predicted octanol–water partition coefficient (Wildman–Crippen LogP) is 6.76.